The van der Waals surface area contributed by atoms with Gasteiger partial charge in [0.1, 0.15) is 5.75 Å². The summed E-state index contributed by atoms with van der Waals surface area (Å²) in [5.74, 6) is 0.559. The summed E-state index contributed by atoms with van der Waals surface area (Å²) in [6.45, 7) is 1.97. The molecule has 0 aliphatic rings. The van der Waals surface area contributed by atoms with Crippen molar-refractivity contribution < 1.29 is 9.53 Å². The van der Waals surface area contributed by atoms with Gasteiger partial charge in [-0.15, -0.1) is 0 Å². The molecule has 0 spiro atoms. The van der Waals surface area contributed by atoms with Gasteiger partial charge in [-0.05, 0) is 42.8 Å². The molecule has 0 bridgehead atoms. The van der Waals surface area contributed by atoms with Gasteiger partial charge in [-0.3, -0.25) is 4.79 Å². The van der Waals surface area contributed by atoms with Gasteiger partial charge in [0.05, 0.1) is 24.0 Å². The minimum Gasteiger partial charge on any atom is -0.495 e. The molecule has 0 aliphatic carbocycles. The Morgan fingerprint density at radius 3 is 2.12 bits per heavy atom. The number of carbonyl (C=O) groups excluding carboxylic acids is 1. The highest BCUT2D eigenvalue weighted by molar-refractivity contribution is 6.08. The van der Waals surface area contributed by atoms with E-state index >= 15 is 0 Å². The van der Waals surface area contributed by atoms with Crippen LogP contribution in [0.15, 0.2) is 72.8 Å². The van der Waals surface area contributed by atoms with Crippen molar-refractivity contribution in [3.63, 3.8) is 0 Å². The average Bonchev–Trinajstić information content (AvgIpc) is 2.64. The van der Waals surface area contributed by atoms with E-state index in [9.17, 15) is 4.79 Å². The highest BCUT2D eigenvalue weighted by Crippen LogP contribution is 2.29. The Hall–Kier alpha value is -3.27. The van der Waals surface area contributed by atoms with Crippen LogP contribution in [0.4, 0.5) is 17.1 Å². The van der Waals surface area contributed by atoms with Crippen molar-refractivity contribution in [2.45, 2.75) is 6.92 Å². The zero-order valence-corrected chi connectivity index (χ0v) is 14.2. The van der Waals surface area contributed by atoms with Crippen molar-refractivity contribution in [1.29, 1.82) is 0 Å². The van der Waals surface area contributed by atoms with E-state index in [-0.39, 0.29) is 5.91 Å². The molecular formula is C21H20N2O2. The molecule has 1 amide bonds. The number of amides is 1. The fourth-order valence-electron chi connectivity index (χ4n) is 2.59. The van der Waals surface area contributed by atoms with E-state index in [0.29, 0.717) is 5.56 Å². The summed E-state index contributed by atoms with van der Waals surface area (Å²) >= 11 is 0. The largest absolute Gasteiger partial charge is 0.495 e. The third-order valence-electron chi connectivity index (χ3n) is 3.94. The van der Waals surface area contributed by atoms with Crippen molar-refractivity contribution in [3.8, 4) is 5.75 Å². The molecule has 4 heteroatoms. The molecule has 0 radical (unpaired) electrons. The summed E-state index contributed by atoms with van der Waals surface area (Å²) in [6.07, 6.45) is 0. The molecule has 126 valence electrons. The lowest BCUT2D eigenvalue weighted by atomic mass is 10.1. The van der Waals surface area contributed by atoms with Gasteiger partial charge in [0, 0.05) is 5.69 Å². The van der Waals surface area contributed by atoms with Crippen LogP contribution in [0.25, 0.3) is 0 Å². The van der Waals surface area contributed by atoms with Crippen molar-refractivity contribution in [2.24, 2.45) is 0 Å². The number of anilines is 3. The summed E-state index contributed by atoms with van der Waals surface area (Å²) < 4.78 is 5.37. The molecule has 2 N–H and O–H groups in total. The number of para-hydroxylation sites is 4. The molecule has 4 nitrogen and oxygen atoms in total. The fourth-order valence-corrected chi connectivity index (χ4v) is 2.59. The Kier molecular flexibility index (Phi) is 5.00. The van der Waals surface area contributed by atoms with E-state index < -0.39 is 0 Å². The van der Waals surface area contributed by atoms with E-state index in [1.165, 1.54) is 0 Å². The van der Waals surface area contributed by atoms with Crippen LogP contribution in [-0.4, -0.2) is 13.0 Å². The fraction of sp³-hybridized carbons (Fsp3) is 0.0952. The number of benzene rings is 3. The van der Waals surface area contributed by atoms with Crippen LogP contribution in [0, 0.1) is 6.92 Å². The normalized spacial score (nSPS) is 10.2. The van der Waals surface area contributed by atoms with Gasteiger partial charge >= 0.3 is 0 Å². The molecule has 0 atom stereocenters. The summed E-state index contributed by atoms with van der Waals surface area (Å²) in [7, 11) is 1.62. The van der Waals surface area contributed by atoms with E-state index in [4.69, 9.17) is 4.74 Å². The maximum atomic E-state index is 12.7. The number of methoxy groups -OCH3 is 1. The second kappa shape index (κ2) is 7.53. The van der Waals surface area contributed by atoms with E-state index in [2.05, 4.69) is 10.6 Å². The van der Waals surface area contributed by atoms with Crippen LogP contribution in [-0.2, 0) is 0 Å². The van der Waals surface area contributed by atoms with Crippen LogP contribution in [0.3, 0.4) is 0 Å². The quantitative estimate of drug-likeness (QED) is 0.691. The van der Waals surface area contributed by atoms with E-state index in [0.717, 1.165) is 28.4 Å². The molecule has 3 aromatic rings. The molecule has 0 saturated carbocycles. The predicted molar refractivity (Wildman–Crippen MR) is 102 cm³/mol. The lowest BCUT2D eigenvalue weighted by Crippen LogP contribution is -2.14. The first-order valence-electron chi connectivity index (χ1n) is 8.05. The van der Waals surface area contributed by atoms with Gasteiger partial charge in [-0.25, -0.2) is 0 Å². The molecule has 0 unspecified atom stereocenters. The average molecular weight is 332 g/mol. The zero-order chi connectivity index (χ0) is 17.6. The van der Waals surface area contributed by atoms with Gasteiger partial charge < -0.3 is 15.4 Å². The summed E-state index contributed by atoms with van der Waals surface area (Å²) in [5.41, 5.74) is 3.92. The third kappa shape index (κ3) is 3.80. The van der Waals surface area contributed by atoms with Crippen molar-refractivity contribution in [1.82, 2.24) is 0 Å². The summed E-state index contributed by atoms with van der Waals surface area (Å²) in [6, 6.07) is 22.7. The van der Waals surface area contributed by atoms with E-state index in [1.54, 1.807) is 13.2 Å². The van der Waals surface area contributed by atoms with Crippen LogP contribution >= 0.6 is 0 Å². The number of ether oxygens (including phenoxy) is 1. The Balaban J connectivity index is 1.88. The van der Waals surface area contributed by atoms with E-state index in [1.807, 2.05) is 73.7 Å². The predicted octanol–water partition coefficient (Wildman–Crippen LogP) is 5.00. The van der Waals surface area contributed by atoms with Gasteiger partial charge in [0.15, 0.2) is 0 Å². The number of aryl methyl sites for hydroxylation is 1. The molecular weight excluding hydrogens is 312 g/mol. The second-order valence-corrected chi connectivity index (χ2v) is 5.64. The van der Waals surface area contributed by atoms with Crippen LogP contribution < -0.4 is 15.4 Å². The van der Waals surface area contributed by atoms with Gasteiger partial charge in [0.25, 0.3) is 5.91 Å². The first-order chi connectivity index (χ1) is 12.2. The molecule has 25 heavy (non-hydrogen) atoms. The molecule has 0 aliphatic heterocycles. The number of carbonyl (C=O) groups is 1. The van der Waals surface area contributed by atoms with Crippen molar-refractivity contribution >= 4 is 23.0 Å². The molecule has 0 heterocycles. The standard InChI is InChI=1S/C21H20N2O2/c1-15-9-3-5-11-17(15)23-21(24)16-10-4-6-12-18(16)22-19-13-7-8-14-20(19)25-2/h3-14,22H,1-2H3,(H,23,24). The van der Waals surface area contributed by atoms with Crippen LogP contribution in [0.5, 0.6) is 5.75 Å². The van der Waals surface area contributed by atoms with Gasteiger partial charge in [-0.2, -0.15) is 0 Å². The van der Waals surface area contributed by atoms with Gasteiger partial charge in [-0.1, -0.05) is 42.5 Å². The maximum Gasteiger partial charge on any atom is 0.257 e. The second-order valence-electron chi connectivity index (χ2n) is 5.64. The lowest BCUT2D eigenvalue weighted by molar-refractivity contribution is 0.102. The number of hydrogen-bond donors (Lipinski definition) is 2. The first kappa shape index (κ1) is 16.6. The number of nitrogens with one attached hydrogen (secondary N) is 2. The Morgan fingerprint density at radius 1 is 0.800 bits per heavy atom. The number of hydrogen-bond acceptors (Lipinski definition) is 3. The van der Waals surface area contributed by atoms with Gasteiger partial charge in [0.2, 0.25) is 0 Å². The molecule has 0 saturated heterocycles. The minimum absolute atomic E-state index is 0.160. The summed E-state index contributed by atoms with van der Waals surface area (Å²) in [4.78, 5) is 12.7. The highest BCUT2D eigenvalue weighted by atomic mass is 16.5. The SMILES string of the molecule is COc1ccccc1Nc1ccccc1C(=O)Nc1ccccc1C. The topological polar surface area (TPSA) is 50.4 Å². The molecule has 0 fully saturated rings. The third-order valence-corrected chi connectivity index (χ3v) is 3.94. The Morgan fingerprint density at radius 2 is 1.40 bits per heavy atom. The Labute approximate surface area is 147 Å². The zero-order valence-electron chi connectivity index (χ0n) is 14.2. The van der Waals surface area contributed by atoms with Crippen molar-refractivity contribution in [3.05, 3.63) is 83.9 Å². The first-order valence-corrected chi connectivity index (χ1v) is 8.05. The summed E-state index contributed by atoms with van der Waals surface area (Å²) in [5, 5.41) is 6.26. The molecule has 0 aromatic heterocycles. The lowest BCUT2D eigenvalue weighted by Gasteiger charge is -2.15. The minimum atomic E-state index is -0.160. The molecule has 3 aromatic carbocycles. The maximum absolute atomic E-state index is 12.7. The van der Waals surface area contributed by atoms with Crippen LogP contribution in [0.1, 0.15) is 15.9 Å². The monoisotopic (exact) mass is 332 g/mol. The highest BCUT2D eigenvalue weighted by Gasteiger charge is 2.13. The molecule has 3 rings (SSSR count). The van der Waals surface area contributed by atoms with Crippen LogP contribution in [0.2, 0.25) is 0 Å². The Bertz CT molecular complexity index is 890. The smallest absolute Gasteiger partial charge is 0.257 e. The van der Waals surface area contributed by atoms with Crippen molar-refractivity contribution in [2.75, 3.05) is 17.7 Å². The number of rotatable bonds is 5.